The number of hydrogen-bond donors (Lipinski definition) is 1. The van der Waals surface area contributed by atoms with Gasteiger partial charge in [-0.2, -0.15) is 0 Å². The van der Waals surface area contributed by atoms with Crippen molar-refractivity contribution in [2.24, 2.45) is 17.8 Å². The number of rotatable bonds is 12. The first-order valence-corrected chi connectivity index (χ1v) is 14.7. The second-order valence-corrected chi connectivity index (χ2v) is 11.2. The third kappa shape index (κ3) is 8.16. The summed E-state index contributed by atoms with van der Waals surface area (Å²) < 4.78 is 28.4. The van der Waals surface area contributed by atoms with Crippen LogP contribution in [-0.4, -0.2) is 50.6 Å². The average Bonchev–Trinajstić information content (AvgIpc) is 3.02. The third-order valence-electron chi connectivity index (χ3n) is 8.13. The molecular weight excluding hydrogens is 536 g/mol. The molecule has 0 bridgehead atoms. The van der Waals surface area contributed by atoms with E-state index in [0.29, 0.717) is 36.4 Å². The molecule has 0 radical (unpaired) electrons. The molecule has 1 saturated carbocycles. The Morgan fingerprint density at radius 1 is 0.881 bits per heavy atom. The van der Waals surface area contributed by atoms with Gasteiger partial charge in [0.1, 0.15) is 11.5 Å². The lowest BCUT2D eigenvalue weighted by molar-refractivity contribution is -0.215. The fraction of sp³-hybridized carbons (Fsp3) is 0.471. The molecular formula is C34H42O8. The molecule has 2 aromatic carbocycles. The van der Waals surface area contributed by atoms with Crippen LogP contribution in [0.4, 0.5) is 0 Å². The molecule has 2 aromatic rings. The average molecular weight is 579 g/mol. The minimum absolute atomic E-state index is 0.0486. The Balaban J connectivity index is 1.49. The summed E-state index contributed by atoms with van der Waals surface area (Å²) in [4.78, 5) is 24.6. The van der Waals surface area contributed by atoms with Gasteiger partial charge in [-0.15, -0.1) is 0 Å². The van der Waals surface area contributed by atoms with E-state index >= 15 is 0 Å². The molecule has 0 atom stereocenters. The Bertz CT molecular complexity index is 1230. The summed E-state index contributed by atoms with van der Waals surface area (Å²) >= 11 is 0. The molecule has 0 spiro atoms. The highest BCUT2D eigenvalue weighted by atomic mass is 16.7. The molecule has 1 N–H and O–H groups in total. The second-order valence-electron chi connectivity index (χ2n) is 11.2. The number of benzene rings is 2. The number of hydrogen-bond acceptors (Lipinski definition) is 8. The first kappa shape index (κ1) is 31.6. The first-order chi connectivity index (χ1) is 20.3. The van der Waals surface area contributed by atoms with Gasteiger partial charge >= 0.3 is 11.9 Å². The predicted octanol–water partition coefficient (Wildman–Crippen LogP) is 6.18. The molecule has 0 unspecified atom stereocenters. The lowest BCUT2D eigenvalue weighted by atomic mass is 9.75. The Kier molecular flexibility index (Phi) is 11.5. The van der Waals surface area contributed by atoms with Crippen molar-refractivity contribution in [2.75, 3.05) is 33.5 Å². The van der Waals surface area contributed by atoms with Gasteiger partial charge in [-0.1, -0.05) is 64.0 Å². The highest BCUT2D eigenvalue weighted by molar-refractivity contribution is 5.90. The summed E-state index contributed by atoms with van der Waals surface area (Å²) in [6, 6.07) is 12.4. The molecule has 8 nitrogen and oxygen atoms in total. The van der Waals surface area contributed by atoms with Crippen LogP contribution in [0.3, 0.4) is 0 Å². The summed E-state index contributed by atoms with van der Waals surface area (Å²) in [5.41, 5.74) is 2.42. The largest absolute Gasteiger partial charge is 0.423 e. The maximum absolute atomic E-state index is 12.5. The van der Waals surface area contributed by atoms with Gasteiger partial charge in [0.05, 0.1) is 43.1 Å². The topological polar surface area (TPSA) is 101 Å². The van der Waals surface area contributed by atoms with E-state index in [-0.39, 0.29) is 23.5 Å². The van der Waals surface area contributed by atoms with Crippen LogP contribution in [0, 0.1) is 17.8 Å². The Morgan fingerprint density at radius 3 is 2.14 bits per heavy atom. The van der Waals surface area contributed by atoms with Crippen molar-refractivity contribution in [1.29, 1.82) is 0 Å². The molecule has 1 aliphatic carbocycles. The van der Waals surface area contributed by atoms with Crippen LogP contribution in [0.1, 0.15) is 57.3 Å². The van der Waals surface area contributed by atoms with Gasteiger partial charge in [0.2, 0.25) is 0 Å². The zero-order chi connectivity index (χ0) is 30.1. The Morgan fingerprint density at radius 2 is 1.52 bits per heavy atom. The van der Waals surface area contributed by atoms with Crippen LogP contribution < -0.4 is 9.47 Å². The number of carbonyl (C=O) groups excluding carboxylic acids is 2. The Labute approximate surface area is 248 Å². The number of aliphatic hydroxyl groups is 1. The van der Waals surface area contributed by atoms with Gasteiger partial charge in [0, 0.05) is 13.0 Å². The van der Waals surface area contributed by atoms with E-state index in [1.807, 2.05) is 24.3 Å². The highest BCUT2D eigenvalue weighted by Crippen LogP contribution is 2.41. The molecule has 2 aliphatic rings. The fourth-order valence-corrected chi connectivity index (χ4v) is 5.70. The van der Waals surface area contributed by atoms with E-state index in [1.165, 1.54) is 45.6 Å². The zero-order valence-electron chi connectivity index (χ0n) is 24.6. The molecule has 226 valence electrons. The molecule has 2 fully saturated rings. The van der Waals surface area contributed by atoms with Crippen molar-refractivity contribution in [3.05, 3.63) is 72.3 Å². The van der Waals surface area contributed by atoms with Crippen molar-refractivity contribution in [3.63, 3.8) is 0 Å². The highest BCUT2D eigenvalue weighted by Gasteiger charge is 2.33. The van der Waals surface area contributed by atoms with Crippen LogP contribution in [0.15, 0.2) is 66.8 Å². The quantitative estimate of drug-likeness (QED) is 0.181. The van der Waals surface area contributed by atoms with Gasteiger partial charge in [-0.05, 0) is 60.1 Å². The summed E-state index contributed by atoms with van der Waals surface area (Å²) in [6.07, 6.45) is 6.80. The molecule has 0 amide bonds. The van der Waals surface area contributed by atoms with Crippen molar-refractivity contribution >= 4 is 11.9 Å². The van der Waals surface area contributed by atoms with Gasteiger partial charge in [-0.3, -0.25) is 0 Å². The Hall–Kier alpha value is -3.30. The van der Waals surface area contributed by atoms with Crippen molar-refractivity contribution in [2.45, 2.75) is 51.7 Å². The maximum atomic E-state index is 12.5. The number of ether oxygens (including phenoxy) is 5. The summed E-state index contributed by atoms with van der Waals surface area (Å²) in [5.74, 6) is 1.16. The van der Waals surface area contributed by atoms with Crippen LogP contribution in [0.2, 0.25) is 0 Å². The number of carbonyl (C=O) groups is 2. The minimum atomic E-state index is -0.717. The first-order valence-electron chi connectivity index (χ1n) is 14.7. The van der Waals surface area contributed by atoms with Crippen LogP contribution in [0.25, 0.3) is 11.1 Å². The minimum Gasteiger partial charge on any atom is -0.423 e. The second kappa shape index (κ2) is 15.3. The standard InChI is InChI=1S/C34H42O8/c1-5-6-24-7-9-26(10-8-24)28-20-39-34(40-21-28)30-17-27(13-16-31(30)42-32(36)22(2)18-35)25-11-14-29(15-12-25)41-33(37)23(3)19-38-4/h11-17,24,26,28,34-35H,2-3,5-10,18-21H2,1,4H3. The summed E-state index contributed by atoms with van der Waals surface area (Å²) in [5, 5.41) is 9.34. The van der Waals surface area contributed by atoms with Gasteiger partial charge in [0.15, 0.2) is 6.29 Å². The predicted molar refractivity (Wildman–Crippen MR) is 159 cm³/mol. The van der Waals surface area contributed by atoms with Gasteiger partial charge in [-0.25, -0.2) is 9.59 Å². The number of aliphatic hydroxyl groups excluding tert-OH is 1. The monoisotopic (exact) mass is 578 g/mol. The normalized spacial score (nSPS) is 22.3. The smallest absolute Gasteiger partial charge is 0.341 e. The van der Waals surface area contributed by atoms with Gasteiger partial charge in [0.25, 0.3) is 0 Å². The summed E-state index contributed by atoms with van der Waals surface area (Å²) in [6.45, 7) is 10.2. The van der Waals surface area contributed by atoms with E-state index < -0.39 is 24.8 Å². The molecule has 1 saturated heterocycles. The molecule has 4 rings (SSSR count). The molecule has 1 heterocycles. The molecule has 42 heavy (non-hydrogen) atoms. The van der Waals surface area contributed by atoms with Crippen LogP contribution >= 0.6 is 0 Å². The van der Waals surface area contributed by atoms with E-state index in [2.05, 4.69) is 20.1 Å². The molecule has 8 heteroatoms. The lowest BCUT2D eigenvalue weighted by Gasteiger charge is -2.38. The van der Waals surface area contributed by atoms with Crippen molar-refractivity contribution in [3.8, 4) is 22.6 Å². The SMILES string of the molecule is C=C(COC)C(=O)Oc1ccc(-c2ccc(OC(=O)C(=C)CO)c(C3OCC(C4CCC(CCC)CC4)CO3)c2)cc1. The maximum Gasteiger partial charge on any atom is 0.341 e. The van der Waals surface area contributed by atoms with E-state index in [1.54, 1.807) is 18.2 Å². The van der Waals surface area contributed by atoms with Crippen LogP contribution in [-0.2, 0) is 23.8 Å². The molecule has 0 aromatic heterocycles. The third-order valence-corrected chi connectivity index (χ3v) is 8.13. The van der Waals surface area contributed by atoms with Gasteiger partial charge < -0.3 is 28.8 Å². The van der Waals surface area contributed by atoms with Crippen LogP contribution in [0.5, 0.6) is 11.5 Å². The van der Waals surface area contributed by atoms with E-state index in [0.717, 1.165) is 17.0 Å². The van der Waals surface area contributed by atoms with E-state index in [4.69, 9.17) is 23.7 Å². The fourth-order valence-electron chi connectivity index (χ4n) is 5.70. The zero-order valence-corrected chi connectivity index (χ0v) is 24.6. The molecule has 1 aliphatic heterocycles. The lowest BCUT2D eigenvalue weighted by Crippen LogP contribution is -2.34. The number of esters is 2. The van der Waals surface area contributed by atoms with E-state index in [9.17, 15) is 14.7 Å². The number of methoxy groups -OCH3 is 1. The van der Waals surface area contributed by atoms with Crippen molar-refractivity contribution < 1.29 is 38.4 Å². The summed E-state index contributed by atoms with van der Waals surface area (Å²) in [7, 11) is 1.48. The van der Waals surface area contributed by atoms with Crippen molar-refractivity contribution in [1.82, 2.24) is 0 Å².